The lowest BCUT2D eigenvalue weighted by atomic mass is 9.86. The Kier molecular flexibility index (Phi) is 4.53. The van der Waals surface area contributed by atoms with Crippen molar-refractivity contribution in [3.63, 3.8) is 0 Å². The molecule has 16 heavy (non-hydrogen) atoms. The molecule has 0 aromatic heterocycles. The van der Waals surface area contributed by atoms with Crippen LogP contribution in [0.15, 0.2) is 24.3 Å². The predicted molar refractivity (Wildman–Crippen MR) is 65.5 cm³/mol. The molecule has 2 heteroatoms. The minimum absolute atomic E-state index is 0.222. The van der Waals surface area contributed by atoms with Gasteiger partial charge in [-0.05, 0) is 30.7 Å². The van der Waals surface area contributed by atoms with Crippen LogP contribution >= 0.6 is 0 Å². The molecular weight excluding hydrogens is 200 g/mol. The summed E-state index contributed by atoms with van der Waals surface area (Å²) in [6.07, 6.45) is 1.11. The van der Waals surface area contributed by atoms with Gasteiger partial charge < -0.3 is 5.11 Å². The zero-order chi connectivity index (χ0) is 12.1. The van der Waals surface area contributed by atoms with E-state index in [1.54, 1.807) is 0 Å². The third-order valence-electron chi connectivity index (χ3n) is 2.96. The average molecular weight is 220 g/mol. The second-order valence-electron chi connectivity index (χ2n) is 4.80. The molecule has 88 valence electrons. The van der Waals surface area contributed by atoms with Crippen molar-refractivity contribution in [1.82, 2.24) is 0 Å². The molecule has 0 aliphatic rings. The molecule has 0 heterocycles. The van der Waals surface area contributed by atoms with Crippen LogP contribution in [0.3, 0.4) is 0 Å². The van der Waals surface area contributed by atoms with Gasteiger partial charge in [-0.15, -0.1) is 0 Å². The van der Waals surface area contributed by atoms with E-state index in [0.717, 1.165) is 6.42 Å². The maximum Gasteiger partial charge on any atom is 0.303 e. The maximum absolute atomic E-state index is 10.8. The quantitative estimate of drug-likeness (QED) is 0.826. The number of aryl methyl sites for hydroxylation is 1. The minimum Gasteiger partial charge on any atom is -0.481 e. The molecule has 1 aromatic rings. The van der Waals surface area contributed by atoms with E-state index in [-0.39, 0.29) is 12.3 Å². The van der Waals surface area contributed by atoms with Crippen molar-refractivity contribution in [2.45, 2.75) is 33.6 Å². The van der Waals surface area contributed by atoms with Crippen LogP contribution in [0.1, 0.15) is 31.4 Å². The normalized spacial score (nSPS) is 12.8. The summed E-state index contributed by atoms with van der Waals surface area (Å²) in [5.74, 6) is -0.0812. The lowest BCUT2D eigenvalue weighted by molar-refractivity contribution is -0.138. The van der Waals surface area contributed by atoms with Crippen molar-refractivity contribution in [1.29, 1.82) is 0 Å². The second kappa shape index (κ2) is 5.69. The highest BCUT2D eigenvalue weighted by molar-refractivity contribution is 5.67. The van der Waals surface area contributed by atoms with E-state index in [0.29, 0.717) is 5.92 Å². The summed E-state index contributed by atoms with van der Waals surface area (Å²) in [6, 6.07) is 8.30. The van der Waals surface area contributed by atoms with Crippen LogP contribution in [-0.4, -0.2) is 11.1 Å². The van der Waals surface area contributed by atoms with Crippen molar-refractivity contribution in [3.05, 3.63) is 35.4 Å². The Hall–Kier alpha value is -1.31. The van der Waals surface area contributed by atoms with Gasteiger partial charge in [-0.1, -0.05) is 43.7 Å². The Morgan fingerprint density at radius 1 is 1.38 bits per heavy atom. The molecule has 1 atom stereocenters. The number of benzene rings is 1. The third kappa shape index (κ3) is 4.05. The smallest absolute Gasteiger partial charge is 0.303 e. The lowest BCUT2D eigenvalue weighted by Gasteiger charge is -2.19. The Bertz CT molecular complexity index is 356. The first-order chi connectivity index (χ1) is 7.49. The van der Waals surface area contributed by atoms with Crippen LogP contribution in [0.5, 0.6) is 0 Å². The number of carboxylic acid groups (broad SMARTS) is 1. The second-order valence-corrected chi connectivity index (χ2v) is 4.80. The first kappa shape index (κ1) is 12.8. The highest BCUT2D eigenvalue weighted by Gasteiger charge is 2.17. The van der Waals surface area contributed by atoms with Crippen molar-refractivity contribution in [2.24, 2.45) is 11.8 Å². The van der Waals surface area contributed by atoms with Crippen LogP contribution in [0.2, 0.25) is 0 Å². The minimum atomic E-state index is -0.702. The molecule has 0 fully saturated rings. The van der Waals surface area contributed by atoms with E-state index >= 15 is 0 Å². The molecule has 0 aliphatic carbocycles. The van der Waals surface area contributed by atoms with Crippen LogP contribution in [0.4, 0.5) is 0 Å². The van der Waals surface area contributed by atoms with Crippen LogP contribution < -0.4 is 0 Å². The molecule has 0 spiro atoms. The summed E-state index contributed by atoms with van der Waals surface area (Å²) in [7, 11) is 0. The molecule has 0 bridgehead atoms. The van der Waals surface area contributed by atoms with Crippen molar-refractivity contribution in [2.75, 3.05) is 0 Å². The molecule has 0 aliphatic heterocycles. The molecule has 1 N–H and O–H groups in total. The number of hydrogen-bond acceptors (Lipinski definition) is 1. The van der Waals surface area contributed by atoms with Gasteiger partial charge in [0.1, 0.15) is 0 Å². The van der Waals surface area contributed by atoms with Crippen molar-refractivity contribution in [3.8, 4) is 0 Å². The fourth-order valence-electron chi connectivity index (χ4n) is 1.91. The number of carboxylic acids is 1. The zero-order valence-electron chi connectivity index (χ0n) is 10.2. The Morgan fingerprint density at radius 2 is 2.06 bits per heavy atom. The van der Waals surface area contributed by atoms with E-state index in [2.05, 4.69) is 39.0 Å². The number of aliphatic carboxylic acids is 1. The average Bonchev–Trinajstić information content (AvgIpc) is 2.15. The molecule has 2 nitrogen and oxygen atoms in total. The number of carbonyl (C=O) groups is 1. The highest BCUT2D eigenvalue weighted by atomic mass is 16.4. The van der Waals surface area contributed by atoms with Gasteiger partial charge in [0, 0.05) is 6.42 Å². The Balaban J connectivity index is 2.71. The van der Waals surface area contributed by atoms with E-state index in [1.165, 1.54) is 11.1 Å². The molecule has 1 rings (SSSR count). The van der Waals surface area contributed by atoms with Crippen molar-refractivity contribution >= 4 is 5.97 Å². The van der Waals surface area contributed by atoms with E-state index < -0.39 is 5.97 Å². The molecule has 0 amide bonds. The first-order valence-corrected chi connectivity index (χ1v) is 5.76. The standard InChI is InChI=1S/C14H20O2/c1-10(2)13(9-14(15)16)8-12-6-4-5-11(3)7-12/h4-7,10,13H,8-9H2,1-3H3,(H,15,16)/t13-/m1/s1. The van der Waals surface area contributed by atoms with Crippen LogP contribution in [0.25, 0.3) is 0 Å². The van der Waals surface area contributed by atoms with Gasteiger partial charge >= 0.3 is 5.97 Å². The zero-order valence-corrected chi connectivity index (χ0v) is 10.2. The van der Waals surface area contributed by atoms with E-state index in [4.69, 9.17) is 5.11 Å². The predicted octanol–water partition coefficient (Wildman–Crippen LogP) is 3.28. The molecule has 0 saturated carbocycles. The fraction of sp³-hybridized carbons (Fsp3) is 0.500. The monoisotopic (exact) mass is 220 g/mol. The summed E-state index contributed by atoms with van der Waals surface area (Å²) in [4.78, 5) is 10.8. The number of rotatable bonds is 5. The molecule has 0 radical (unpaired) electrons. The van der Waals surface area contributed by atoms with Crippen molar-refractivity contribution < 1.29 is 9.90 Å². The summed E-state index contributed by atoms with van der Waals surface area (Å²) >= 11 is 0. The van der Waals surface area contributed by atoms with Gasteiger partial charge in [0.25, 0.3) is 0 Å². The van der Waals surface area contributed by atoms with Gasteiger partial charge in [-0.3, -0.25) is 4.79 Å². The molecule has 0 saturated heterocycles. The van der Waals surface area contributed by atoms with E-state index in [1.807, 2.05) is 6.07 Å². The first-order valence-electron chi connectivity index (χ1n) is 5.76. The van der Waals surface area contributed by atoms with Crippen LogP contribution in [-0.2, 0) is 11.2 Å². The summed E-state index contributed by atoms with van der Waals surface area (Å²) in [6.45, 7) is 6.23. The summed E-state index contributed by atoms with van der Waals surface area (Å²) in [5, 5.41) is 8.87. The SMILES string of the molecule is Cc1cccc(C[C@H](CC(=O)O)C(C)C)c1. The van der Waals surface area contributed by atoms with Gasteiger partial charge in [-0.25, -0.2) is 0 Å². The van der Waals surface area contributed by atoms with E-state index in [9.17, 15) is 4.79 Å². The summed E-state index contributed by atoms with van der Waals surface area (Å²) < 4.78 is 0. The molecular formula is C14H20O2. The molecule has 0 unspecified atom stereocenters. The Morgan fingerprint density at radius 3 is 2.56 bits per heavy atom. The van der Waals surface area contributed by atoms with Gasteiger partial charge in [0.15, 0.2) is 0 Å². The fourth-order valence-corrected chi connectivity index (χ4v) is 1.91. The lowest BCUT2D eigenvalue weighted by Crippen LogP contribution is -2.16. The Labute approximate surface area is 97.3 Å². The van der Waals surface area contributed by atoms with Gasteiger partial charge in [-0.2, -0.15) is 0 Å². The highest BCUT2D eigenvalue weighted by Crippen LogP contribution is 2.21. The largest absolute Gasteiger partial charge is 0.481 e. The summed E-state index contributed by atoms with van der Waals surface area (Å²) in [5.41, 5.74) is 2.47. The van der Waals surface area contributed by atoms with Gasteiger partial charge in [0.05, 0.1) is 0 Å². The third-order valence-corrected chi connectivity index (χ3v) is 2.96. The van der Waals surface area contributed by atoms with Gasteiger partial charge in [0.2, 0.25) is 0 Å². The topological polar surface area (TPSA) is 37.3 Å². The van der Waals surface area contributed by atoms with Crippen LogP contribution in [0, 0.1) is 18.8 Å². The molecule has 1 aromatic carbocycles. The maximum atomic E-state index is 10.8. The number of hydrogen-bond donors (Lipinski definition) is 1.